The molecule has 2 heterocycles. The fourth-order valence-corrected chi connectivity index (χ4v) is 3.17. The number of ether oxygens (including phenoxy) is 2. The van der Waals surface area contributed by atoms with Crippen molar-refractivity contribution in [3.8, 4) is 11.5 Å². The van der Waals surface area contributed by atoms with E-state index in [4.69, 9.17) is 21.1 Å². The molecule has 0 saturated carbocycles. The normalized spacial score (nSPS) is 20.0. The van der Waals surface area contributed by atoms with Crippen LogP contribution in [0.5, 0.6) is 11.5 Å². The van der Waals surface area contributed by atoms with Crippen LogP contribution in [-0.2, 0) is 6.42 Å². The zero-order valence-corrected chi connectivity index (χ0v) is 12.3. The van der Waals surface area contributed by atoms with Crippen LogP contribution in [0.25, 0.3) is 0 Å². The molecule has 2 aromatic carbocycles. The highest BCUT2D eigenvalue weighted by Gasteiger charge is 2.25. The van der Waals surface area contributed by atoms with Crippen molar-refractivity contribution in [1.29, 1.82) is 0 Å². The van der Waals surface area contributed by atoms with E-state index in [9.17, 15) is 0 Å². The molecule has 0 saturated heterocycles. The first-order valence-corrected chi connectivity index (χ1v) is 7.60. The fraction of sp³-hybridized carbons (Fsp3) is 0.294. The van der Waals surface area contributed by atoms with Crippen LogP contribution in [0.1, 0.15) is 22.7 Å². The maximum absolute atomic E-state index is 5.99. The van der Waals surface area contributed by atoms with Crippen LogP contribution in [-0.4, -0.2) is 19.8 Å². The summed E-state index contributed by atoms with van der Waals surface area (Å²) in [7, 11) is 0. The lowest BCUT2D eigenvalue weighted by Gasteiger charge is -2.30. The predicted molar refractivity (Wildman–Crippen MR) is 82.4 cm³/mol. The molecule has 4 heteroatoms. The van der Waals surface area contributed by atoms with Gasteiger partial charge in [0.15, 0.2) is 11.5 Å². The molecule has 4 rings (SSSR count). The van der Waals surface area contributed by atoms with Crippen LogP contribution in [0.2, 0.25) is 5.02 Å². The molecule has 2 aromatic rings. The lowest BCUT2D eigenvalue weighted by Crippen LogP contribution is -2.31. The third-order valence-electron chi connectivity index (χ3n) is 4.06. The molecule has 0 radical (unpaired) electrons. The number of fused-ring (bicyclic) bond motifs is 2. The highest BCUT2D eigenvalue weighted by molar-refractivity contribution is 6.30. The Morgan fingerprint density at radius 1 is 1.00 bits per heavy atom. The largest absolute Gasteiger partial charge is 0.486 e. The standard InChI is InChI=1S/C17H16ClNO2/c18-13-3-1-11(2-4-13)17-14-10-16-15(20-7-8-21-16)9-12(14)5-6-19-17/h1-4,9-10,17,19H,5-8H2/t17-/m0/s1. The molecule has 1 atom stereocenters. The Balaban J connectivity index is 1.78. The van der Waals surface area contributed by atoms with Crippen molar-refractivity contribution >= 4 is 11.6 Å². The second-order valence-electron chi connectivity index (χ2n) is 5.38. The summed E-state index contributed by atoms with van der Waals surface area (Å²) in [6, 6.07) is 12.5. The van der Waals surface area contributed by atoms with Gasteiger partial charge in [0.1, 0.15) is 13.2 Å². The Labute approximate surface area is 128 Å². The van der Waals surface area contributed by atoms with Gasteiger partial charge < -0.3 is 14.8 Å². The third-order valence-corrected chi connectivity index (χ3v) is 4.31. The Hall–Kier alpha value is -1.71. The monoisotopic (exact) mass is 301 g/mol. The lowest BCUT2D eigenvalue weighted by atomic mass is 9.89. The number of hydrogen-bond donors (Lipinski definition) is 1. The van der Waals surface area contributed by atoms with E-state index in [1.165, 1.54) is 16.7 Å². The fourth-order valence-electron chi connectivity index (χ4n) is 3.05. The van der Waals surface area contributed by atoms with Gasteiger partial charge in [0.05, 0.1) is 6.04 Å². The molecule has 2 aliphatic heterocycles. The van der Waals surface area contributed by atoms with E-state index < -0.39 is 0 Å². The minimum Gasteiger partial charge on any atom is -0.486 e. The molecule has 0 aliphatic carbocycles. The molecule has 0 spiro atoms. The molecule has 0 bridgehead atoms. The van der Waals surface area contributed by atoms with Gasteiger partial charge >= 0.3 is 0 Å². The second-order valence-corrected chi connectivity index (χ2v) is 5.82. The molecule has 0 fully saturated rings. The highest BCUT2D eigenvalue weighted by atomic mass is 35.5. The summed E-state index contributed by atoms with van der Waals surface area (Å²) in [5, 5.41) is 4.34. The molecule has 3 nitrogen and oxygen atoms in total. The van der Waals surface area contributed by atoms with Crippen LogP contribution in [0.15, 0.2) is 36.4 Å². The molecule has 0 amide bonds. The first kappa shape index (κ1) is 13.0. The van der Waals surface area contributed by atoms with Crippen LogP contribution in [0.4, 0.5) is 0 Å². The Bertz CT molecular complexity index is 669. The maximum atomic E-state index is 5.99. The Kier molecular flexibility index (Phi) is 3.24. The minimum absolute atomic E-state index is 0.182. The van der Waals surface area contributed by atoms with Gasteiger partial charge in [-0.05, 0) is 47.4 Å². The summed E-state index contributed by atoms with van der Waals surface area (Å²) in [5.41, 5.74) is 3.82. The Morgan fingerprint density at radius 2 is 1.71 bits per heavy atom. The van der Waals surface area contributed by atoms with Gasteiger partial charge in [0.2, 0.25) is 0 Å². The summed E-state index contributed by atoms with van der Waals surface area (Å²) in [5.74, 6) is 1.72. The first-order valence-electron chi connectivity index (χ1n) is 7.22. The van der Waals surface area contributed by atoms with Crippen LogP contribution < -0.4 is 14.8 Å². The van der Waals surface area contributed by atoms with Gasteiger partial charge in [-0.15, -0.1) is 0 Å². The van der Waals surface area contributed by atoms with Gasteiger partial charge in [0.25, 0.3) is 0 Å². The topological polar surface area (TPSA) is 30.5 Å². The highest BCUT2D eigenvalue weighted by Crippen LogP contribution is 2.38. The van der Waals surface area contributed by atoms with E-state index in [1.807, 2.05) is 12.1 Å². The Morgan fingerprint density at radius 3 is 2.48 bits per heavy atom. The quantitative estimate of drug-likeness (QED) is 0.876. The summed E-state index contributed by atoms with van der Waals surface area (Å²) >= 11 is 5.99. The van der Waals surface area contributed by atoms with Crippen molar-refractivity contribution in [2.45, 2.75) is 12.5 Å². The first-order chi connectivity index (χ1) is 10.3. The van der Waals surface area contributed by atoms with E-state index in [1.54, 1.807) is 0 Å². The summed E-state index contributed by atoms with van der Waals surface area (Å²) < 4.78 is 11.4. The predicted octanol–water partition coefficient (Wildman–Crippen LogP) is 3.35. The van der Waals surface area contributed by atoms with Crippen molar-refractivity contribution in [1.82, 2.24) is 5.32 Å². The average Bonchev–Trinajstić information content (AvgIpc) is 2.53. The summed E-state index contributed by atoms with van der Waals surface area (Å²) in [4.78, 5) is 0. The van der Waals surface area contributed by atoms with Gasteiger partial charge in [-0.2, -0.15) is 0 Å². The number of hydrogen-bond acceptors (Lipinski definition) is 3. The summed E-state index contributed by atoms with van der Waals surface area (Å²) in [6.07, 6.45) is 1.01. The van der Waals surface area contributed by atoms with Gasteiger partial charge in [0, 0.05) is 11.6 Å². The minimum atomic E-state index is 0.182. The zero-order valence-electron chi connectivity index (χ0n) is 11.6. The SMILES string of the molecule is Clc1ccc([C@@H]2NCCc3cc4c(cc32)OCCO4)cc1. The lowest BCUT2D eigenvalue weighted by molar-refractivity contribution is 0.171. The van der Waals surface area contributed by atoms with E-state index in [0.717, 1.165) is 29.5 Å². The number of halogens is 1. The van der Waals surface area contributed by atoms with Crippen molar-refractivity contribution in [3.63, 3.8) is 0 Å². The third kappa shape index (κ3) is 2.37. The van der Waals surface area contributed by atoms with E-state index in [-0.39, 0.29) is 6.04 Å². The number of nitrogens with one attached hydrogen (secondary N) is 1. The van der Waals surface area contributed by atoms with Crippen molar-refractivity contribution < 1.29 is 9.47 Å². The van der Waals surface area contributed by atoms with Crippen molar-refractivity contribution in [3.05, 3.63) is 58.1 Å². The van der Waals surface area contributed by atoms with Gasteiger partial charge in [-0.25, -0.2) is 0 Å². The van der Waals surface area contributed by atoms with E-state index in [0.29, 0.717) is 13.2 Å². The van der Waals surface area contributed by atoms with Crippen LogP contribution in [0, 0.1) is 0 Å². The molecule has 2 aliphatic rings. The van der Waals surface area contributed by atoms with Crippen molar-refractivity contribution in [2.75, 3.05) is 19.8 Å². The smallest absolute Gasteiger partial charge is 0.161 e. The number of benzene rings is 2. The van der Waals surface area contributed by atoms with Gasteiger partial charge in [-0.1, -0.05) is 23.7 Å². The molecule has 0 unspecified atom stereocenters. The molecule has 108 valence electrons. The average molecular weight is 302 g/mol. The van der Waals surface area contributed by atoms with E-state index >= 15 is 0 Å². The van der Waals surface area contributed by atoms with Crippen LogP contribution >= 0.6 is 11.6 Å². The molecular formula is C17H16ClNO2. The second kappa shape index (κ2) is 5.24. The molecule has 0 aromatic heterocycles. The van der Waals surface area contributed by atoms with Crippen molar-refractivity contribution in [2.24, 2.45) is 0 Å². The molecular weight excluding hydrogens is 286 g/mol. The molecule has 1 N–H and O–H groups in total. The maximum Gasteiger partial charge on any atom is 0.161 e. The zero-order chi connectivity index (χ0) is 14.2. The number of rotatable bonds is 1. The molecule has 21 heavy (non-hydrogen) atoms. The van der Waals surface area contributed by atoms with Crippen LogP contribution in [0.3, 0.4) is 0 Å². The van der Waals surface area contributed by atoms with E-state index in [2.05, 4.69) is 29.6 Å². The van der Waals surface area contributed by atoms with Gasteiger partial charge in [-0.3, -0.25) is 0 Å². The summed E-state index contributed by atoms with van der Waals surface area (Å²) in [6.45, 7) is 2.20.